The van der Waals surface area contributed by atoms with Crippen LogP contribution in [0, 0.1) is 17.3 Å². The number of carbonyl (C=O) groups is 3. The summed E-state index contributed by atoms with van der Waals surface area (Å²) in [6.45, 7) is 8.35. The number of hydrogen-bond acceptors (Lipinski definition) is 4. The van der Waals surface area contributed by atoms with Gasteiger partial charge >= 0.3 is 0 Å². The van der Waals surface area contributed by atoms with E-state index in [1.165, 1.54) is 18.4 Å². The summed E-state index contributed by atoms with van der Waals surface area (Å²) in [6, 6.07) is 10.2. The van der Waals surface area contributed by atoms with Gasteiger partial charge in [-0.25, -0.2) is 0 Å². The quantitative estimate of drug-likeness (QED) is 0.659. The van der Waals surface area contributed by atoms with Crippen LogP contribution in [0.5, 0.6) is 0 Å². The largest absolute Gasteiger partial charge is 0.353 e. The molecule has 3 saturated heterocycles. The average Bonchev–Trinajstić information content (AvgIpc) is 3.39. The van der Waals surface area contributed by atoms with Crippen LogP contribution < -0.4 is 10.6 Å². The smallest absolute Gasteiger partial charge is 0.242 e. The second-order valence-corrected chi connectivity index (χ2v) is 10.4. The maximum absolute atomic E-state index is 12.7. The summed E-state index contributed by atoms with van der Waals surface area (Å²) in [6.07, 6.45) is 4.64. The van der Waals surface area contributed by atoms with Gasteiger partial charge in [-0.15, -0.1) is 0 Å². The van der Waals surface area contributed by atoms with Gasteiger partial charge in [-0.3, -0.25) is 14.4 Å². The molecule has 33 heavy (non-hydrogen) atoms. The molecule has 0 bridgehead atoms. The fraction of sp³-hybridized carbons (Fsp3) is 0.654. The first-order valence-electron chi connectivity index (χ1n) is 12.5. The van der Waals surface area contributed by atoms with Crippen LogP contribution in [0.1, 0.15) is 45.1 Å². The summed E-state index contributed by atoms with van der Waals surface area (Å²) < 4.78 is 0. The van der Waals surface area contributed by atoms with E-state index in [0.717, 1.165) is 32.0 Å². The number of amides is 3. The molecule has 0 aliphatic carbocycles. The van der Waals surface area contributed by atoms with Gasteiger partial charge in [-0.2, -0.15) is 0 Å². The molecule has 180 valence electrons. The molecular formula is C26H38N4O3. The van der Waals surface area contributed by atoms with Crippen molar-refractivity contribution in [3.8, 4) is 0 Å². The zero-order valence-corrected chi connectivity index (χ0v) is 20.0. The first-order valence-corrected chi connectivity index (χ1v) is 12.5. The third-order valence-corrected chi connectivity index (χ3v) is 7.66. The molecule has 2 atom stereocenters. The molecule has 1 aromatic rings. The molecule has 7 nitrogen and oxygen atoms in total. The normalized spacial score (nSPS) is 26.2. The molecule has 2 N–H and O–H groups in total. The van der Waals surface area contributed by atoms with Gasteiger partial charge in [-0.1, -0.05) is 44.2 Å². The first kappa shape index (κ1) is 23.7. The van der Waals surface area contributed by atoms with Crippen molar-refractivity contribution in [3.05, 3.63) is 35.9 Å². The van der Waals surface area contributed by atoms with Gasteiger partial charge in [0.1, 0.15) is 6.04 Å². The number of hydrogen-bond donors (Lipinski definition) is 2. The van der Waals surface area contributed by atoms with E-state index in [-0.39, 0.29) is 23.6 Å². The number of benzene rings is 1. The summed E-state index contributed by atoms with van der Waals surface area (Å²) in [5.74, 6) is 0.555. The van der Waals surface area contributed by atoms with E-state index in [1.807, 2.05) is 13.8 Å². The highest BCUT2D eigenvalue weighted by molar-refractivity contribution is 5.95. The second kappa shape index (κ2) is 10.2. The Morgan fingerprint density at radius 2 is 1.88 bits per heavy atom. The van der Waals surface area contributed by atoms with E-state index in [1.54, 1.807) is 4.90 Å². The lowest BCUT2D eigenvalue weighted by molar-refractivity contribution is -0.134. The van der Waals surface area contributed by atoms with Crippen LogP contribution in [0.4, 0.5) is 0 Å². The Morgan fingerprint density at radius 1 is 1.15 bits per heavy atom. The van der Waals surface area contributed by atoms with Crippen molar-refractivity contribution in [1.82, 2.24) is 20.4 Å². The zero-order chi connectivity index (χ0) is 23.4. The molecule has 0 radical (unpaired) electrons. The fourth-order valence-electron chi connectivity index (χ4n) is 5.60. The Morgan fingerprint density at radius 3 is 2.58 bits per heavy atom. The minimum absolute atomic E-state index is 0.0767. The Labute approximate surface area is 197 Å². The zero-order valence-electron chi connectivity index (χ0n) is 20.0. The second-order valence-electron chi connectivity index (χ2n) is 10.4. The third-order valence-electron chi connectivity index (χ3n) is 7.66. The summed E-state index contributed by atoms with van der Waals surface area (Å²) >= 11 is 0. The van der Waals surface area contributed by atoms with E-state index in [9.17, 15) is 14.4 Å². The van der Waals surface area contributed by atoms with Crippen molar-refractivity contribution in [2.75, 3.05) is 39.3 Å². The maximum atomic E-state index is 12.7. The van der Waals surface area contributed by atoms with Gasteiger partial charge in [-0.05, 0) is 56.7 Å². The third kappa shape index (κ3) is 5.57. The topological polar surface area (TPSA) is 81.8 Å². The lowest BCUT2D eigenvalue weighted by atomic mass is 9.84. The molecule has 0 saturated carbocycles. The predicted octanol–water partition coefficient (Wildman–Crippen LogP) is 1.82. The summed E-state index contributed by atoms with van der Waals surface area (Å²) in [7, 11) is 0. The van der Waals surface area contributed by atoms with Crippen molar-refractivity contribution < 1.29 is 14.4 Å². The standard InChI is InChI=1S/C26H38N4O3/c1-19(2)24(32)30-14-10-26(18-30)17-22(28-25(26)33)23(31)27-11-15-29-12-8-21(9-13-29)16-20-6-4-3-5-7-20/h3-7,19,21-22H,8-18H2,1-2H3,(H,27,31)(H,28,33)/t22-,26+/m0/s1. The number of carbonyl (C=O) groups excluding carboxylic acids is 3. The van der Waals surface area contributed by atoms with Crippen LogP contribution in [0.3, 0.4) is 0 Å². The van der Waals surface area contributed by atoms with Gasteiger partial charge in [0.25, 0.3) is 0 Å². The number of nitrogens with zero attached hydrogens (tertiary/aromatic N) is 2. The molecule has 3 fully saturated rings. The van der Waals surface area contributed by atoms with E-state index >= 15 is 0 Å². The molecule has 3 heterocycles. The van der Waals surface area contributed by atoms with Gasteiger partial charge < -0.3 is 20.4 Å². The van der Waals surface area contributed by atoms with Crippen LogP contribution >= 0.6 is 0 Å². The molecule has 1 aromatic carbocycles. The molecule has 0 unspecified atom stereocenters. The Hall–Kier alpha value is -2.41. The Bertz CT molecular complexity index is 850. The maximum Gasteiger partial charge on any atom is 0.242 e. The highest BCUT2D eigenvalue weighted by atomic mass is 16.2. The lowest BCUT2D eigenvalue weighted by Gasteiger charge is -2.32. The lowest BCUT2D eigenvalue weighted by Crippen LogP contribution is -2.45. The van der Waals surface area contributed by atoms with E-state index in [2.05, 4.69) is 45.9 Å². The van der Waals surface area contributed by atoms with Crippen molar-refractivity contribution >= 4 is 17.7 Å². The van der Waals surface area contributed by atoms with Gasteiger partial charge in [0, 0.05) is 32.1 Å². The van der Waals surface area contributed by atoms with Crippen molar-refractivity contribution in [2.45, 2.75) is 52.0 Å². The molecule has 0 aromatic heterocycles. The van der Waals surface area contributed by atoms with Crippen LogP contribution in [0.25, 0.3) is 0 Å². The number of rotatable bonds is 7. The van der Waals surface area contributed by atoms with Crippen LogP contribution in [0.2, 0.25) is 0 Å². The van der Waals surface area contributed by atoms with Crippen LogP contribution in [-0.2, 0) is 20.8 Å². The van der Waals surface area contributed by atoms with Gasteiger partial charge in [0.05, 0.1) is 5.41 Å². The summed E-state index contributed by atoms with van der Waals surface area (Å²) in [4.78, 5) is 41.9. The summed E-state index contributed by atoms with van der Waals surface area (Å²) in [5, 5.41) is 5.92. The van der Waals surface area contributed by atoms with E-state index in [4.69, 9.17) is 0 Å². The molecule has 7 heteroatoms. The molecule has 3 aliphatic heterocycles. The molecule has 1 spiro atoms. The van der Waals surface area contributed by atoms with Crippen LogP contribution in [-0.4, -0.2) is 72.8 Å². The van der Waals surface area contributed by atoms with Gasteiger partial charge in [0.2, 0.25) is 17.7 Å². The monoisotopic (exact) mass is 454 g/mol. The highest BCUT2D eigenvalue weighted by Gasteiger charge is 2.53. The van der Waals surface area contributed by atoms with E-state index < -0.39 is 11.5 Å². The average molecular weight is 455 g/mol. The predicted molar refractivity (Wildman–Crippen MR) is 127 cm³/mol. The SMILES string of the molecule is CC(C)C(=O)N1CC[C@@]2(C[C@@H](C(=O)NCCN3CCC(Cc4ccccc4)CC3)NC2=O)C1. The number of likely N-dealkylation sites (tertiary alicyclic amines) is 2. The molecule has 3 amide bonds. The molecule has 4 rings (SSSR count). The summed E-state index contributed by atoms with van der Waals surface area (Å²) in [5.41, 5.74) is 0.811. The Balaban J connectivity index is 1.17. The highest BCUT2D eigenvalue weighted by Crippen LogP contribution is 2.40. The molecular weight excluding hydrogens is 416 g/mol. The first-order chi connectivity index (χ1) is 15.9. The molecule has 3 aliphatic rings. The van der Waals surface area contributed by atoms with Gasteiger partial charge in [0.15, 0.2) is 0 Å². The number of piperidine rings is 1. The minimum atomic E-state index is -0.604. The minimum Gasteiger partial charge on any atom is -0.353 e. The van der Waals surface area contributed by atoms with Crippen LogP contribution in [0.15, 0.2) is 30.3 Å². The van der Waals surface area contributed by atoms with Crippen molar-refractivity contribution in [2.24, 2.45) is 17.3 Å². The van der Waals surface area contributed by atoms with Crippen molar-refractivity contribution in [3.63, 3.8) is 0 Å². The fourth-order valence-corrected chi connectivity index (χ4v) is 5.60. The van der Waals surface area contributed by atoms with E-state index in [0.29, 0.717) is 32.5 Å². The van der Waals surface area contributed by atoms with Crippen molar-refractivity contribution in [1.29, 1.82) is 0 Å². The Kier molecular flexibility index (Phi) is 7.37. The number of nitrogens with one attached hydrogen (secondary N) is 2.